The number of allylic oxidation sites excluding steroid dienone is 2. The highest BCUT2D eigenvalue weighted by Gasteiger charge is 2.43. The van der Waals surface area contributed by atoms with Crippen molar-refractivity contribution in [3.05, 3.63) is 59.2 Å². The van der Waals surface area contributed by atoms with Gasteiger partial charge < -0.3 is 15.3 Å². The van der Waals surface area contributed by atoms with E-state index in [9.17, 15) is 20.1 Å². The lowest BCUT2D eigenvalue weighted by molar-refractivity contribution is 0.0695. The van der Waals surface area contributed by atoms with Gasteiger partial charge in [-0.05, 0) is 74.3 Å². The van der Waals surface area contributed by atoms with Crippen molar-refractivity contribution in [2.24, 2.45) is 23.7 Å². The highest BCUT2D eigenvalue weighted by atomic mass is 16.4. The van der Waals surface area contributed by atoms with Crippen molar-refractivity contribution in [3.8, 4) is 0 Å². The first-order valence-corrected chi connectivity index (χ1v) is 12.4. The highest BCUT2D eigenvalue weighted by Crippen LogP contribution is 2.48. The van der Waals surface area contributed by atoms with Gasteiger partial charge in [-0.25, -0.2) is 4.79 Å². The summed E-state index contributed by atoms with van der Waals surface area (Å²) in [7, 11) is 0. The number of carbonyl (C=O) groups is 1. The van der Waals surface area contributed by atoms with E-state index in [1.807, 2.05) is 18.2 Å². The molecule has 0 saturated heterocycles. The van der Waals surface area contributed by atoms with Crippen LogP contribution < -0.4 is 0 Å². The van der Waals surface area contributed by atoms with E-state index in [4.69, 9.17) is 0 Å². The Balaban J connectivity index is 1.46. The number of rotatable bonds is 12. The molecule has 0 radical (unpaired) electrons. The molecular formula is C28H40O4. The minimum Gasteiger partial charge on any atom is -0.478 e. The van der Waals surface area contributed by atoms with E-state index in [0.29, 0.717) is 23.3 Å². The van der Waals surface area contributed by atoms with E-state index < -0.39 is 12.1 Å². The molecule has 0 heterocycles. The molecule has 6 atom stereocenters. The van der Waals surface area contributed by atoms with Crippen LogP contribution in [0.2, 0.25) is 0 Å². The van der Waals surface area contributed by atoms with Crippen molar-refractivity contribution in [1.29, 1.82) is 0 Å². The molecule has 0 aromatic heterocycles. The van der Waals surface area contributed by atoms with E-state index in [0.717, 1.165) is 63.4 Å². The third-order valence-corrected chi connectivity index (χ3v) is 7.37. The average molecular weight is 441 g/mol. The van der Waals surface area contributed by atoms with Gasteiger partial charge in [-0.2, -0.15) is 0 Å². The van der Waals surface area contributed by atoms with Crippen LogP contribution in [0.3, 0.4) is 0 Å². The molecule has 1 unspecified atom stereocenters. The Hall–Kier alpha value is -1.91. The van der Waals surface area contributed by atoms with Gasteiger partial charge in [0.05, 0.1) is 17.8 Å². The molecule has 0 spiro atoms. The number of unbranched alkanes of at least 4 members (excludes halogenated alkanes) is 1. The van der Waals surface area contributed by atoms with Crippen LogP contribution in [0.15, 0.2) is 48.1 Å². The number of fused-ring (bicyclic) bond motifs is 1. The zero-order chi connectivity index (χ0) is 23.1. The average Bonchev–Trinajstić information content (AvgIpc) is 3.26. The normalized spacial score (nSPS) is 26.8. The number of aliphatic hydroxyl groups is 2. The van der Waals surface area contributed by atoms with E-state index in [1.54, 1.807) is 12.1 Å². The van der Waals surface area contributed by atoms with Crippen LogP contribution in [0.4, 0.5) is 0 Å². The summed E-state index contributed by atoms with van der Waals surface area (Å²) in [6, 6.07) is 7.28. The molecule has 176 valence electrons. The number of aliphatic hydroxyl groups excluding tert-OH is 2. The quantitative estimate of drug-likeness (QED) is 0.284. The molecule has 2 aliphatic rings. The molecule has 1 saturated carbocycles. The Morgan fingerprint density at radius 3 is 2.72 bits per heavy atom. The summed E-state index contributed by atoms with van der Waals surface area (Å²) in [6.07, 6.45) is 14.4. The molecule has 1 fully saturated rings. The van der Waals surface area contributed by atoms with Crippen LogP contribution in [-0.4, -0.2) is 33.5 Å². The second-order valence-corrected chi connectivity index (χ2v) is 9.99. The van der Waals surface area contributed by atoms with Crippen molar-refractivity contribution in [3.63, 3.8) is 0 Å². The smallest absolute Gasteiger partial charge is 0.335 e. The summed E-state index contributed by atoms with van der Waals surface area (Å²) in [5.41, 5.74) is 2.81. The number of hydrogen-bond donors (Lipinski definition) is 3. The number of benzene rings is 1. The molecule has 4 heteroatoms. The van der Waals surface area contributed by atoms with Gasteiger partial charge in [0.2, 0.25) is 0 Å². The predicted octanol–water partition coefficient (Wildman–Crippen LogP) is 5.78. The van der Waals surface area contributed by atoms with Crippen molar-refractivity contribution < 1.29 is 20.1 Å². The maximum atomic E-state index is 11.4. The third-order valence-electron chi connectivity index (χ3n) is 7.37. The zero-order valence-corrected chi connectivity index (χ0v) is 19.6. The Bertz CT molecular complexity index is 811. The molecule has 3 rings (SSSR count). The minimum absolute atomic E-state index is 0.132. The van der Waals surface area contributed by atoms with Crippen molar-refractivity contribution >= 4 is 5.97 Å². The van der Waals surface area contributed by atoms with Crippen molar-refractivity contribution in [2.45, 2.75) is 83.8 Å². The molecule has 2 aliphatic carbocycles. The van der Waals surface area contributed by atoms with Crippen LogP contribution in [0, 0.1) is 23.7 Å². The maximum Gasteiger partial charge on any atom is 0.335 e. The predicted molar refractivity (Wildman–Crippen MR) is 129 cm³/mol. The molecule has 1 aromatic carbocycles. The van der Waals surface area contributed by atoms with Gasteiger partial charge in [-0.1, -0.05) is 68.7 Å². The summed E-state index contributed by atoms with van der Waals surface area (Å²) in [4.78, 5) is 11.4. The molecule has 0 amide bonds. The maximum absolute atomic E-state index is 11.4. The van der Waals surface area contributed by atoms with E-state index >= 15 is 0 Å². The van der Waals surface area contributed by atoms with E-state index in [-0.39, 0.29) is 12.0 Å². The number of hydrogen-bond acceptors (Lipinski definition) is 3. The molecule has 0 bridgehead atoms. The lowest BCUT2D eigenvalue weighted by atomic mass is 9.88. The fraction of sp³-hybridized carbons (Fsp3) is 0.607. The van der Waals surface area contributed by atoms with Crippen LogP contribution in [0.5, 0.6) is 0 Å². The SMILES string of the molecule is CCCC(C)C[C@H](O)/C=C/[C@H]1[C@H]2CC(CCCCc3ccccc3C(=O)O)=C[C@H]2C[C@H]1O. The number of carboxylic acid groups (broad SMARTS) is 1. The van der Waals surface area contributed by atoms with Gasteiger partial charge in [-0.15, -0.1) is 0 Å². The summed E-state index contributed by atoms with van der Waals surface area (Å²) in [6.45, 7) is 4.36. The van der Waals surface area contributed by atoms with Gasteiger partial charge in [0, 0.05) is 5.92 Å². The van der Waals surface area contributed by atoms with Gasteiger partial charge in [0.25, 0.3) is 0 Å². The molecular weight excluding hydrogens is 400 g/mol. The topological polar surface area (TPSA) is 77.8 Å². The lowest BCUT2D eigenvalue weighted by Gasteiger charge is -2.19. The molecule has 3 N–H and O–H groups in total. The number of aromatic carboxylic acids is 1. The molecule has 0 aliphatic heterocycles. The highest BCUT2D eigenvalue weighted by molar-refractivity contribution is 5.89. The standard InChI is InChI=1S/C28H40O4/c1-3-8-19(2)15-23(29)13-14-25-26-17-20(16-22(26)18-27(25)30)9-4-5-10-21-11-6-7-12-24(21)28(31)32/h6-7,11-14,16,19,22-23,25-27,29-30H,3-5,8-10,15,17-18H2,1-2H3,(H,31,32)/b14-13+/t19?,22-,23+,25-,26-,27+/m0/s1. The minimum atomic E-state index is -0.852. The summed E-state index contributed by atoms with van der Waals surface area (Å²) >= 11 is 0. The monoisotopic (exact) mass is 440 g/mol. The van der Waals surface area contributed by atoms with Gasteiger partial charge in [-0.3, -0.25) is 0 Å². The second kappa shape index (κ2) is 11.8. The summed E-state index contributed by atoms with van der Waals surface area (Å²) < 4.78 is 0. The Labute approximate surface area is 193 Å². The third kappa shape index (κ3) is 6.55. The summed E-state index contributed by atoms with van der Waals surface area (Å²) in [5.74, 6) is 0.688. The van der Waals surface area contributed by atoms with Gasteiger partial charge in [0.1, 0.15) is 0 Å². The molecule has 4 nitrogen and oxygen atoms in total. The van der Waals surface area contributed by atoms with Crippen LogP contribution in [0.1, 0.15) is 81.1 Å². The first kappa shape index (κ1) is 24.7. The Morgan fingerprint density at radius 2 is 1.97 bits per heavy atom. The summed E-state index contributed by atoms with van der Waals surface area (Å²) in [5, 5.41) is 30.2. The fourth-order valence-corrected chi connectivity index (χ4v) is 5.76. The van der Waals surface area contributed by atoms with E-state index in [2.05, 4.69) is 26.0 Å². The first-order chi connectivity index (χ1) is 15.4. The fourth-order valence-electron chi connectivity index (χ4n) is 5.76. The van der Waals surface area contributed by atoms with Crippen LogP contribution >= 0.6 is 0 Å². The molecule has 32 heavy (non-hydrogen) atoms. The van der Waals surface area contributed by atoms with Crippen LogP contribution in [-0.2, 0) is 6.42 Å². The van der Waals surface area contributed by atoms with Crippen molar-refractivity contribution in [1.82, 2.24) is 0 Å². The Morgan fingerprint density at radius 1 is 1.22 bits per heavy atom. The number of carboxylic acids is 1. The number of aryl methyl sites for hydroxylation is 1. The largest absolute Gasteiger partial charge is 0.478 e. The molecule has 1 aromatic rings. The lowest BCUT2D eigenvalue weighted by Crippen LogP contribution is -2.18. The first-order valence-electron chi connectivity index (χ1n) is 12.4. The zero-order valence-electron chi connectivity index (χ0n) is 19.6. The Kier molecular flexibility index (Phi) is 9.12. The van der Waals surface area contributed by atoms with E-state index in [1.165, 1.54) is 5.57 Å². The van der Waals surface area contributed by atoms with Gasteiger partial charge in [0.15, 0.2) is 0 Å². The van der Waals surface area contributed by atoms with Gasteiger partial charge >= 0.3 is 5.97 Å². The van der Waals surface area contributed by atoms with Crippen LogP contribution in [0.25, 0.3) is 0 Å². The second-order valence-electron chi connectivity index (χ2n) is 9.99. The van der Waals surface area contributed by atoms with Crippen molar-refractivity contribution in [2.75, 3.05) is 0 Å².